The van der Waals surface area contributed by atoms with Crippen LogP contribution in [0.5, 0.6) is 0 Å². The molecule has 6 heteroatoms. The number of aromatic nitrogens is 2. The number of methoxy groups -OCH3 is 1. The molecule has 6 rings (SSSR count). The summed E-state index contributed by atoms with van der Waals surface area (Å²) in [6, 6.07) is 19.6. The minimum Gasteiger partial charge on any atom is -0.381 e. The van der Waals surface area contributed by atoms with Crippen LogP contribution in [0.1, 0.15) is 18.4 Å². The van der Waals surface area contributed by atoms with Gasteiger partial charge in [0.05, 0.1) is 27.3 Å². The number of fused-ring (bicyclic) bond motifs is 2. The molecule has 0 amide bonds. The van der Waals surface area contributed by atoms with Crippen molar-refractivity contribution >= 4 is 43.8 Å². The molecule has 1 saturated carbocycles. The number of nitrogens with one attached hydrogen (secondary N) is 1. The van der Waals surface area contributed by atoms with Gasteiger partial charge in [-0.25, -0.2) is 9.37 Å². The Morgan fingerprint density at radius 1 is 1.00 bits per heavy atom. The summed E-state index contributed by atoms with van der Waals surface area (Å²) in [6.45, 7) is 0. The number of ether oxygens (including phenoxy) is 1. The van der Waals surface area contributed by atoms with Gasteiger partial charge in [-0.2, -0.15) is 0 Å². The molecular weight excluding hydrogens is 445 g/mol. The van der Waals surface area contributed by atoms with Crippen LogP contribution in [0.4, 0.5) is 15.8 Å². The Labute approximate surface area is 201 Å². The molecule has 5 aromatic rings. The molecule has 0 unspecified atom stereocenters. The number of nitrogens with zero attached hydrogens (tertiary/aromatic N) is 2. The molecule has 1 aliphatic carbocycles. The van der Waals surface area contributed by atoms with E-state index in [1.807, 2.05) is 54.0 Å². The Balaban J connectivity index is 1.29. The first-order valence-corrected chi connectivity index (χ1v) is 12.3. The van der Waals surface area contributed by atoms with E-state index in [-0.39, 0.29) is 5.82 Å². The van der Waals surface area contributed by atoms with Crippen molar-refractivity contribution in [2.24, 2.45) is 5.92 Å². The fourth-order valence-electron chi connectivity index (χ4n) is 4.80. The lowest BCUT2D eigenvalue weighted by molar-refractivity contribution is 0.00144. The first kappa shape index (κ1) is 21.2. The smallest absolute Gasteiger partial charge is 0.131 e. The molecule has 170 valence electrons. The minimum atomic E-state index is -0.188. The lowest BCUT2D eigenvalue weighted by Crippen LogP contribution is -2.31. The fraction of sp³-hybridized carbons (Fsp3) is 0.214. The van der Waals surface area contributed by atoms with Gasteiger partial charge in [0.25, 0.3) is 0 Å². The van der Waals surface area contributed by atoms with E-state index >= 15 is 4.39 Å². The zero-order valence-electron chi connectivity index (χ0n) is 18.8. The van der Waals surface area contributed by atoms with E-state index in [0.717, 1.165) is 62.9 Å². The predicted octanol–water partition coefficient (Wildman–Crippen LogP) is 7.36. The maximum Gasteiger partial charge on any atom is 0.131 e. The highest BCUT2D eigenvalue weighted by Gasteiger charge is 2.29. The van der Waals surface area contributed by atoms with Crippen LogP contribution >= 0.6 is 11.3 Å². The van der Waals surface area contributed by atoms with Gasteiger partial charge in [0.2, 0.25) is 0 Å². The van der Waals surface area contributed by atoms with Gasteiger partial charge in [-0.1, -0.05) is 18.2 Å². The van der Waals surface area contributed by atoms with Crippen molar-refractivity contribution in [2.75, 3.05) is 12.4 Å². The highest BCUT2D eigenvalue weighted by Crippen LogP contribution is 2.35. The van der Waals surface area contributed by atoms with Crippen LogP contribution in [-0.4, -0.2) is 23.2 Å². The van der Waals surface area contributed by atoms with E-state index in [1.165, 1.54) is 0 Å². The summed E-state index contributed by atoms with van der Waals surface area (Å²) in [5.41, 5.74) is 8.05. The predicted molar refractivity (Wildman–Crippen MR) is 137 cm³/mol. The van der Waals surface area contributed by atoms with E-state index in [4.69, 9.17) is 4.74 Å². The number of anilines is 2. The van der Waals surface area contributed by atoms with Gasteiger partial charge < -0.3 is 10.1 Å². The number of pyridine rings is 1. The van der Waals surface area contributed by atoms with Gasteiger partial charge in [0.15, 0.2) is 0 Å². The maximum absolute atomic E-state index is 15.2. The molecule has 0 radical (unpaired) electrons. The van der Waals surface area contributed by atoms with Crippen molar-refractivity contribution in [3.8, 4) is 11.1 Å². The summed E-state index contributed by atoms with van der Waals surface area (Å²) < 4.78 is 21.7. The molecule has 34 heavy (non-hydrogen) atoms. The third-order valence-electron chi connectivity index (χ3n) is 6.75. The monoisotopic (exact) mass is 469 g/mol. The van der Waals surface area contributed by atoms with Crippen molar-refractivity contribution in [3.05, 3.63) is 83.8 Å². The molecule has 1 N–H and O–H groups in total. The topological polar surface area (TPSA) is 47.0 Å². The van der Waals surface area contributed by atoms with E-state index in [0.29, 0.717) is 17.6 Å². The number of benzene rings is 3. The zero-order valence-corrected chi connectivity index (χ0v) is 19.6. The standard InChI is InChI=1S/C28H24FN3OS/c1-33-21-11-18(12-21)10-17-2-5-22(24(29)13-17)19-3-6-25-23(14-19)26(8-9-30-25)32-20-4-7-28-27(15-20)31-16-34-28/h2-9,13-16,18,21H,10-12H2,1H3,(H,30,32). The Kier molecular flexibility index (Phi) is 5.47. The molecule has 1 fully saturated rings. The molecule has 0 spiro atoms. The number of halogens is 1. The molecule has 2 heterocycles. The number of hydrogen-bond acceptors (Lipinski definition) is 5. The van der Waals surface area contributed by atoms with E-state index in [2.05, 4.69) is 21.4 Å². The average Bonchev–Trinajstić information content (AvgIpc) is 3.29. The van der Waals surface area contributed by atoms with Gasteiger partial charge in [-0.15, -0.1) is 11.3 Å². The molecule has 0 aliphatic heterocycles. The molecule has 0 atom stereocenters. The molecule has 0 saturated heterocycles. The molecule has 1 aliphatic rings. The average molecular weight is 470 g/mol. The molecule has 3 aromatic carbocycles. The van der Waals surface area contributed by atoms with Crippen LogP contribution in [0.25, 0.3) is 32.2 Å². The number of hydrogen-bond donors (Lipinski definition) is 1. The third kappa shape index (κ3) is 4.04. The van der Waals surface area contributed by atoms with E-state index < -0.39 is 0 Å². The van der Waals surface area contributed by atoms with Crippen molar-refractivity contribution < 1.29 is 9.13 Å². The second-order valence-corrected chi connectivity index (χ2v) is 9.85. The highest BCUT2D eigenvalue weighted by atomic mass is 32.1. The van der Waals surface area contributed by atoms with E-state index in [9.17, 15) is 0 Å². The molecule has 0 bridgehead atoms. The first-order chi connectivity index (χ1) is 16.7. The van der Waals surface area contributed by atoms with Crippen LogP contribution in [0.3, 0.4) is 0 Å². The summed E-state index contributed by atoms with van der Waals surface area (Å²) >= 11 is 1.63. The summed E-state index contributed by atoms with van der Waals surface area (Å²) in [7, 11) is 1.76. The van der Waals surface area contributed by atoms with Crippen molar-refractivity contribution in [1.82, 2.24) is 9.97 Å². The van der Waals surface area contributed by atoms with E-state index in [1.54, 1.807) is 30.7 Å². The van der Waals surface area contributed by atoms with Gasteiger partial charge >= 0.3 is 0 Å². The SMILES string of the molecule is COC1CC(Cc2ccc(-c3ccc4nccc(Nc5ccc6scnc6c5)c4c3)c(F)c2)C1. The minimum absolute atomic E-state index is 0.188. The lowest BCUT2D eigenvalue weighted by atomic mass is 9.78. The Hall–Kier alpha value is -3.35. The third-order valence-corrected chi connectivity index (χ3v) is 7.56. The summed E-state index contributed by atoms with van der Waals surface area (Å²) in [6.07, 6.45) is 5.17. The van der Waals surface area contributed by atoms with Crippen LogP contribution in [0.2, 0.25) is 0 Å². The Bertz CT molecular complexity index is 1490. The molecule has 2 aromatic heterocycles. The van der Waals surface area contributed by atoms with Gasteiger partial charge in [0.1, 0.15) is 5.82 Å². The fourth-order valence-corrected chi connectivity index (χ4v) is 5.46. The molecular formula is C28H24FN3OS. The summed E-state index contributed by atoms with van der Waals surface area (Å²) in [5, 5.41) is 4.44. The first-order valence-electron chi connectivity index (χ1n) is 11.5. The quantitative estimate of drug-likeness (QED) is 0.282. The Morgan fingerprint density at radius 2 is 1.91 bits per heavy atom. The maximum atomic E-state index is 15.2. The van der Waals surface area contributed by atoms with Crippen LogP contribution < -0.4 is 5.32 Å². The van der Waals surface area contributed by atoms with Gasteiger partial charge in [-0.3, -0.25) is 4.98 Å². The highest BCUT2D eigenvalue weighted by molar-refractivity contribution is 7.16. The van der Waals surface area contributed by atoms with Gasteiger partial charge in [0, 0.05) is 35.6 Å². The second kappa shape index (κ2) is 8.78. The number of rotatable bonds is 6. The summed E-state index contributed by atoms with van der Waals surface area (Å²) in [4.78, 5) is 8.91. The normalized spacial score (nSPS) is 17.7. The second-order valence-electron chi connectivity index (χ2n) is 8.96. The van der Waals surface area contributed by atoms with Crippen LogP contribution in [0.15, 0.2) is 72.4 Å². The van der Waals surface area contributed by atoms with Crippen molar-refractivity contribution in [1.29, 1.82) is 0 Å². The Morgan fingerprint density at radius 3 is 2.76 bits per heavy atom. The largest absolute Gasteiger partial charge is 0.381 e. The number of thiazole rings is 1. The van der Waals surface area contributed by atoms with Gasteiger partial charge in [-0.05, 0) is 78.8 Å². The van der Waals surface area contributed by atoms with Crippen molar-refractivity contribution in [3.63, 3.8) is 0 Å². The lowest BCUT2D eigenvalue weighted by Gasteiger charge is -2.34. The summed E-state index contributed by atoms with van der Waals surface area (Å²) in [5.74, 6) is 0.394. The zero-order chi connectivity index (χ0) is 23.1. The van der Waals surface area contributed by atoms with Crippen LogP contribution in [-0.2, 0) is 11.2 Å². The van der Waals surface area contributed by atoms with Crippen molar-refractivity contribution in [2.45, 2.75) is 25.4 Å². The van der Waals surface area contributed by atoms with Crippen LogP contribution in [0, 0.1) is 11.7 Å². The molecule has 4 nitrogen and oxygen atoms in total.